The molecule has 0 bridgehead atoms. The third kappa shape index (κ3) is 7.49. The summed E-state index contributed by atoms with van der Waals surface area (Å²) in [6.45, 7) is 7.52. The molecule has 0 radical (unpaired) electrons. The lowest BCUT2D eigenvalue weighted by Crippen LogP contribution is -2.38. The van der Waals surface area contributed by atoms with Gasteiger partial charge in [-0.05, 0) is 47.8 Å². The standard InChI is InChI=1S/C19H28BrN5O2.HI/c1-2-21-19(22-7-3-8-26-13-15-6-9-27-14-15)23-10-17-12-25-11-16(20)4-5-18(25)24-17;/h4-5,11-12,15H,2-3,6-10,13-14H2,1H3,(H2,21,22,23);1H. The van der Waals surface area contributed by atoms with Gasteiger partial charge in [0, 0.05) is 49.1 Å². The van der Waals surface area contributed by atoms with E-state index in [9.17, 15) is 0 Å². The summed E-state index contributed by atoms with van der Waals surface area (Å²) in [5.41, 5.74) is 1.86. The topological polar surface area (TPSA) is 72.2 Å². The van der Waals surface area contributed by atoms with Gasteiger partial charge in [0.15, 0.2) is 5.96 Å². The van der Waals surface area contributed by atoms with Crippen molar-refractivity contribution in [2.75, 3.05) is 39.5 Å². The van der Waals surface area contributed by atoms with Gasteiger partial charge in [-0.15, -0.1) is 24.0 Å². The van der Waals surface area contributed by atoms with E-state index in [0.29, 0.717) is 12.5 Å². The summed E-state index contributed by atoms with van der Waals surface area (Å²) in [4.78, 5) is 9.23. The molecule has 2 aromatic rings. The summed E-state index contributed by atoms with van der Waals surface area (Å²) in [7, 11) is 0. The minimum Gasteiger partial charge on any atom is -0.381 e. The maximum Gasteiger partial charge on any atom is 0.191 e. The maximum atomic E-state index is 5.74. The van der Waals surface area contributed by atoms with Crippen molar-refractivity contribution < 1.29 is 9.47 Å². The van der Waals surface area contributed by atoms with E-state index in [1.807, 2.05) is 28.9 Å². The molecule has 1 atom stereocenters. The Morgan fingerprint density at radius 2 is 2.29 bits per heavy atom. The van der Waals surface area contributed by atoms with Gasteiger partial charge in [-0.25, -0.2) is 9.98 Å². The summed E-state index contributed by atoms with van der Waals surface area (Å²) in [6.07, 6.45) is 6.07. The molecule has 28 heavy (non-hydrogen) atoms. The molecular formula is C19H29BrIN5O2. The van der Waals surface area contributed by atoms with Crippen molar-refractivity contribution in [2.24, 2.45) is 10.9 Å². The number of nitrogens with one attached hydrogen (secondary N) is 2. The van der Waals surface area contributed by atoms with E-state index in [2.05, 4.69) is 43.5 Å². The molecule has 0 aliphatic carbocycles. The molecule has 0 aromatic carbocycles. The van der Waals surface area contributed by atoms with E-state index in [-0.39, 0.29) is 24.0 Å². The van der Waals surface area contributed by atoms with Crippen LogP contribution in [0.5, 0.6) is 0 Å². The van der Waals surface area contributed by atoms with Gasteiger partial charge in [0.2, 0.25) is 0 Å². The zero-order chi connectivity index (χ0) is 18.9. The average molecular weight is 566 g/mol. The van der Waals surface area contributed by atoms with Crippen LogP contribution in [0.3, 0.4) is 0 Å². The summed E-state index contributed by atoms with van der Waals surface area (Å²) in [5.74, 6) is 1.38. The van der Waals surface area contributed by atoms with E-state index < -0.39 is 0 Å². The molecule has 7 nitrogen and oxygen atoms in total. The number of fused-ring (bicyclic) bond motifs is 1. The van der Waals surface area contributed by atoms with Gasteiger partial charge in [-0.2, -0.15) is 0 Å². The molecule has 1 saturated heterocycles. The number of nitrogens with zero attached hydrogens (tertiary/aromatic N) is 3. The first-order valence-corrected chi connectivity index (χ1v) is 10.3. The summed E-state index contributed by atoms with van der Waals surface area (Å²) in [5, 5.41) is 6.63. The zero-order valence-corrected chi connectivity index (χ0v) is 20.1. The number of ether oxygens (including phenoxy) is 2. The summed E-state index contributed by atoms with van der Waals surface area (Å²) in [6, 6.07) is 3.97. The predicted octanol–water partition coefficient (Wildman–Crippen LogP) is 3.21. The maximum absolute atomic E-state index is 5.74. The van der Waals surface area contributed by atoms with Crippen LogP contribution in [0.1, 0.15) is 25.5 Å². The lowest BCUT2D eigenvalue weighted by atomic mass is 10.1. The van der Waals surface area contributed by atoms with Crippen molar-refractivity contribution in [1.82, 2.24) is 20.0 Å². The Bertz CT molecular complexity index is 749. The highest BCUT2D eigenvalue weighted by molar-refractivity contribution is 14.0. The van der Waals surface area contributed by atoms with Crippen LogP contribution >= 0.6 is 39.9 Å². The molecule has 1 unspecified atom stereocenters. The first-order valence-electron chi connectivity index (χ1n) is 9.55. The molecule has 156 valence electrons. The van der Waals surface area contributed by atoms with Gasteiger partial charge < -0.3 is 24.5 Å². The zero-order valence-electron chi connectivity index (χ0n) is 16.2. The van der Waals surface area contributed by atoms with Crippen LogP contribution in [0, 0.1) is 5.92 Å². The smallest absolute Gasteiger partial charge is 0.191 e. The predicted molar refractivity (Wildman–Crippen MR) is 125 cm³/mol. The second kappa shape index (κ2) is 12.6. The molecule has 3 heterocycles. The van der Waals surface area contributed by atoms with Gasteiger partial charge in [0.05, 0.1) is 25.5 Å². The summed E-state index contributed by atoms with van der Waals surface area (Å²) >= 11 is 3.48. The first kappa shape index (κ1) is 23.4. The number of halogens is 2. The van der Waals surface area contributed by atoms with Crippen molar-refractivity contribution in [1.29, 1.82) is 0 Å². The van der Waals surface area contributed by atoms with Crippen LogP contribution in [-0.2, 0) is 16.0 Å². The second-order valence-corrected chi connectivity index (χ2v) is 7.54. The number of hydrogen-bond acceptors (Lipinski definition) is 4. The highest BCUT2D eigenvalue weighted by Gasteiger charge is 2.15. The third-order valence-corrected chi connectivity index (χ3v) is 4.81. The average Bonchev–Trinajstić information content (AvgIpc) is 3.31. The van der Waals surface area contributed by atoms with Crippen molar-refractivity contribution in [3.63, 3.8) is 0 Å². The molecule has 3 rings (SSSR count). The van der Waals surface area contributed by atoms with Gasteiger partial charge in [-0.1, -0.05) is 0 Å². The largest absolute Gasteiger partial charge is 0.381 e. The van der Waals surface area contributed by atoms with Gasteiger partial charge >= 0.3 is 0 Å². The van der Waals surface area contributed by atoms with E-state index in [1.54, 1.807) is 0 Å². The number of guanidine groups is 1. The van der Waals surface area contributed by atoms with Crippen molar-refractivity contribution >= 4 is 51.5 Å². The highest BCUT2D eigenvalue weighted by Crippen LogP contribution is 2.13. The lowest BCUT2D eigenvalue weighted by Gasteiger charge is -2.12. The number of hydrogen-bond donors (Lipinski definition) is 2. The minimum atomic E-state index is 0. The molecule has 0 spiro atoms. The SMILES string of the molecule is CCNC(=NCc1cn2cc(Br)ccc2n1)NCCCOCC1CCOC1.I. The van der Waals surface area contributed by atoms with Crippen LogP contribution in [0.2, 0.25) is 0 Å². The van der Waals surface area contributed by atoms with Crippen LogP contribution in [0.4, 0.5) is 0 Å². The van der Waals surface area contributed by atoms with Crippen molar-refractivity contribution in [3.8, 4) is 0 Å². The summed E-state index contributed by atoms with van der Waals surface area (Å²) < 4.78 is 14.1. The molecule has 0 saturated carbocycles. The normalized spacial score (nSPS) is 16.9. The monoisotopic (exact) mass is 565 g/mol. The molecule has 2 N–H and O–H groups in total. The molecule has 9 heteroatoms. The van der Waals surface area contributed by atoms with E-state index >= 15 is 0 Å². The lowest BCUT2D eigenvalue weighted by molar-refractivity contribution is 0.0888. The van der Waals surface area contributed by atoms with Crippen LogP contribution in [-0.4, -0.2) is 54.9 Å². The molecule has 1 aliphatic heterocycles. The number of imidazole rings is 1. The number of pyridine rings is 1. The molecule has 0 amide bonds. The second-order valence-electron chi connectivity index (χ2n) is 6.63. The quantitative estimate of drug-likeness (QED) is 0.211. The van der Waals surface area contributed by atoms with Gasteiger partial charge in [0.25, 0.3) is 0 Å². The third-order valence-electron chi connectivity index (χ3n) is 4.34. The molecule has 1 fully saturated rings. The Balaban J connectivity index is 0.00000280. The first-order chi connectivity index (χ1) is 13.2. The Kier molecular flexibility index (Phi) is 10.5. The number of aromatic nitrogens is 2. The Labute approximate surface area is 191 Å². The van der Waals surface area contributed by atoms with E-state index in [1.165, 1.54) is 0 Å². The fourth-order valence-electron chi connectivity index (χ4n) is 2.94. The number of aliphatic imine (C=N–C) groups is 1. The minimum absolute atomic E-state index is 0. The Morgan fingerprint density at radius 1 is 1.39 bits per heavy atom. The van der Waals surface area contributed by atoms with Crippen LogP contribution in [0.15, 0.2) is 34.0 Å². The number of rotatable bonds is 9. The van der Waals surface area contributed by atoms with E-state index in [4.69, 9.17) is 9.47 Å². The fourth-order valence-corrected chi connectivity index (χ4v) is 3.29. The highest BCUT2D eigenvalue weighted by atomic mass is 127. The molecule has 1 aliphatic rings. The Morgan fingerprint density at radius 3 is 3.07 bits per heavy atom. The molecule has 2 aromatic heterocycles. The van der Waals surface area contributed by atoms with Crippen molar-refractivity contribution in [3.05, 3.63) is 34.7 Å². The fraction of sp³-hybridized carbons (Fsp3) is 0.579. The Hall–Kier alpha value is -0.910. The van der Waals surface area contributed by atoms with Crippen molar-refractivity contribution in [2.45, 2.75) is 26.3 Å². The van der Waals surface area contributed by atoms with Gasteiger partial charge in [0.1, 0.15) is 5.65 Å². The van der Waals surface area contributed by atoms with Gasteiger partial charge in [-0.3, -0.25) is 0 Å². The van der Waals surface area contributed by atoms with Crippen LogP contribution < -0.4 is 10.6 Å². The molecular weight excluding hydrogens is 537 g/mol. The van der Waals surface area contributed by atoms with E-state index in [0.717, 1.165) is 74.1 Å². The van der Waals surface area contributed by atoms with Crippen LogP contribution in [0.25, 0.3) is 5.65 Å².